The Balaban J connectivity index is 2.35. The molecule has 102 valence electrons. The van der Waals surface area contributed by atoms with Crippen LogP contribution in [0.3, 0.4) is 0 Å². The first-order chi connectivity index (χ1) is 9.04. The van der Waals surface area contributed by atoms with E-state index in [2.05, 4.69) is 5.10 Å². The van der Waals surface area contributed by atoms with Crippen molar-refractivity contribution in [2.24, 2.45) is 0 Å². The van der Waals surface area contributed by atoms with Crippen molar-refractivity contribution in [1.29, 1.82) is 0 Å². The minimum absolute atomic E-state index is 0.0330. The van der Waals surface area contributed by atoms with Crippen LogP contribution < -0.4 is 0 Å². The van der Waals surface area contributed by atoms with Crippen LogP contribution in [0.4, 0.5) is 4.39 Å². The lowest BCUT2D eigenvalue weighted by atomic mass is 10.1. The molecule has 1 aromatic heterocycles. The zero-order valence-electron chi connectivity index (χ0n) is 11.5. The third-order valence-corrected chi connectivity index (χ3v) is 3.91. The fraction of sp³-hybridized carbons (Fsp3) is 0.400. The molecule has 19 heavy (non-hydrogen) atoms. The van der Waals surface area contributed by atoms with Gasteiger partial charge in [-0.05, 0) is 26.3 Å². The quantitative estimate of drug-likeness (QED) is 0.760. The molecule has 1 aromatic carbocycles. The van der Waals surface area contributed by atoms with Crippen LogP contribution in [0.1, 0.15) is 41.2 Å². The summed E-state index contributed by atoms with van der Waals surface area (Å²) in [5.74, 6) is -0.200. The molecule has 0 N–H and O–H groups in total. The van der Waals surface area contributed by atoms with Gasteiger partial charge in [-0.15, -0.1) is 11.6 Å². The van der Waals surface area contributed by atoms with Crippen LogP contribution >= 0.6 is 11.6 Å². The zero-order chi connectivity index (χ0) is 14.0. The second kappa shape index (κ2) is 5.74. The third-order valence-electron chi connectivity index (χ3n) is 3.39. The highest BCUT2D eigenvalue weighted by Crippen LogP contribution is 2.29. The number of hydrogen-bond donors (Lipinski definition) is 0. The lowest BCUT2D eigenvalue weighted by Crippen LogP contribution is -2.06. The van der Waals surface area contributed by atoms with E-state index in [-0.39, 0.29) is 11.2 Å². The van der Waals surface area contributed by atoms with Crippen molar-refractivity contribution in [3.8, 4) is 0 Å². The van der Waals surface area contributed by atoms with E-state index in [1.165, 1.54) is 6.07 Å². The van der Waals surface area contributed by atoms with Crippen LogP contribution in [0.5, 0.6) is 0 Å². The van der Waals surface area contributed by atoms with Gasteiger partial charge in [-0.2, -0.15) is 5.10 Å². The molecule has 2 rings (SSSR count). The molecule has 1 heterocycles. The van der Waals surface area contributed by atoms with E-state index >= 15 is 0 Å². The topological polar surface area (TPSA) is 17.8 Å². The first-order valence-electron chi connectivity index (χ1n) is 6.46. The zero-order valence-corrected chi connectivity index (χ0v) is 12.2. The maximum atomic E-state index is 13.7. The summed E-state index contributed by atoms with van der Waals surface area (Å²) in [6.07, 6.45) is 0.856. The van der Waals surface area contributed by atoms with E-state index < -0.39 is 0 Å². The third kappa shape index (κ3) is 2.81. The van der Waals surface area contributed by atoms with E-state index in [4.69, 9.17) is 11.6 Å². The molecule has 1 unspecified atom stereocenters. The second-order valence-electron chi connectivity index (χ2n) is 4.71. The second-order valence-corrected chi connectivity index (χ2v) is 5.24. The number of alkyl halides is 1. The minimum Gasteiger partial charge on any atom is -0.265 e. The molecule has 4 heteroatoms. The summed E-state index contributed by atoms with van der Waals surface area (Å²) in [4.78, 5) is 0. The molecular formula is C15H18ClFN2. The fourth-order valence-corrected chi connectivity index (χ4v) is 2.63. The Kier molecular flexibility index (Phi) is 4.25. The van der Waals surface area contributed by atoms with Gasteiger partial charge < -0.3 is 0 Å². The SMILES string of the molecule is CCC(Cl)c1c(C)nn(Cc2ccccc2F)c1C. The molecule has 0 bridgehead atoms. The molecular weight excluding hydrogens is 263 g/mol. The molecule has 2 aromatic rings. The molecule has 0 fully saturated rings. The molecule has 0 aliphatic rings. The molecule has 0 aliphatic heterocycles. The van der Waals surface area contributed by atoms with Crippen LogP contribution in [0, 0.1) is 19.7 Å². The summed E-state index contributed by atoms with van der Waals surface area (Å²) in [7, 11) is 0. The van der Waals surface area contributed by atoms with Crippen molar-refractivity contribution >= 4 is 11.6 Å². The number of rotatable bonds is 4. The van der Waals surface area contributed by atoms with E-state index in [0.29, 0.717) is 12.1 Å². The van der Waals surface area contributed by atoms with Crippen LogP contribution in [-0.2, 0) is 6.54 Å². The summed E-state index contributed by atoms with van der Waals surface area (Å²) in [6.45, 7) is 6.42. The molecule has 0 saturated carbocycles. The Hall–Kier alpha value is -1.35. The van der Waals surface area contributed by atoms with Gasteiger partial charge in [0.2, 0.25) is 0 Å². The van der Waals surface area contributed by atoms with E-state index in [1.807, 2.05) is 31.5 Å². The van der Waals surface area contributed by atoms with E-state index in [0.717, 1.165) is 23.4 Å². The van der Waals surface area contributed by atoms with Gasteiger partial charge in [0, 0.05) is 16.8 Å². The predicted molar refractivity (Wildman–Crippen MR) is 76.1 cm³/mol. The largest absolute Gasteiger partial charge is 0.265 e. The number of hydrogen-bond acceptors (Lipinski definition) is 1. The summed E-state index contributed by atoms with van der Waals surface area (Å²) >= 11 is 6.32. The van der Waals surface area contributed by atoms with Crippen molar-refractivity contribution in [1.82, 2.24) is 9.78 Å². The lowest BCUT2D eigenvalue weighted by Gasteiger charge is -2.09. The molecule has 0 saturated heterocycles. The van der Waals surface area contributed by atoms with Crippen molar-refractivity contribution in [3.05, 3.63) is 52.6 Å². The maximum absolute atomic E-state index is 13.7. The normalized spacial score (nSPS) is 12.7. The number of halogens is 2. The lowest BCUT2D eigenvalue weighted by molar-refractivity contribution is 0.578. The van der Waals surface area contributed by atoms with Gasteiger partial charge in [-0.1, -0.05) is 25.1 Å². The summed E-state index contributed by atoms with van der Waals surface area (Å²) in [5, 5.41) is 4.45. The summed E-state index contributed by atoms with van der Waals surface area (Å²) in [6, 6.07) is 6.78. The van der Waals surface area contributed by atoms with Gasteiger partial charge in [-0.25, -0.2) is 4.39 Å². The standard InChI is InChI=1S/C15H18ClFN2/c1-4-13(16)15-10(2)18-19(11(15)3)9-12-7-5-6-8-14(12)17/h5-8,13H,4,9H2,1-3H3. The first-order valence-corrected chi connectivity index (χ1v) is 6.89. The van der Waals surface area contributed by atoms with Crippen molar-refractivity contribution in [2.75, 3.05) is 0 Å². The Bertz CT molecular complexity index is 578. The fourth-order valence-electron chi connectivity index (χ4n) is 2.31. The highest BCUT2D eigenvalue weighted by molar-refractivity contribution is 6.20. The highest BCUT2D eigenvalue weighted by atomic mass is 35.5. The number of aryl methyl sites for hydroxylation is 1. The first kappa shape index (κ1) is 14.1. The number of aromatic nitrogens is 2. The highest BCUT2D eigenvalue weighted by Gasteiger charge is 2.18. The van der Waals surface area contributed by atoms with Crippen molar-refractivity contribution < 1.29 is 4.39 Å². The Morgan fingerprint density at radius 2 is 2.00 bits per heavy atom. The molecule has 1 atom stereocenters. The van der Waals surface area contributed by atoms with Gasteiger partial charge in [0.1, 0.15) is 5.82 Å². The van der Waals surface area contributed by atoms with Crippen LogP contribution in [0.15, 0.2) is 24.3 Å². The number of nitrogens with zero attached hydrogens (tertiary/aromatic N) is 2. The number of benzene rings is 1. The van der Waals surface area contributed by atoms with Crippen molar-refractivity contribution in [3.63, 3.8) is 0 Å². The van der Waals surface area contributed by atoms with E-state index in [1.54, 1.807) is 12.1 Å². The molecule has 0 spiro atoms. The van der Waals surface area contributed by atoms with Gasteiger partial charge >= 0.3 is 0 Å². The maximum Gasteiger partial charge on any atom is 0.128 e. The predicted octanol–water partition coefficient (Wildman–Crippen LogP) is 4.38. The van der Waals surface area contributed by atoms with Gasteiger partial charge in [-0.3, -0.25) is 4.68 Å². The van der Waals surface area contributed by atoms with Crippen LogP contribution in [0.25, 0.3) is 0 Å². The Labute approximate surface area is 118 Å². The van der Waals surface area contributed by atoms with Gasteiger partial charge in [0.05, 0.1) is 17.6 Å². The van der Waals surface area contributed by atoms with Crippen molar-refractivity contribution in [2.45, 2.75) is 39.1 Å². The monoisotopic (exact) mass is 280 g/mol. The van der Waals surface area contributed by atoms with Crippen LogP contribution in [-0.4, -0.2) is 9.78 Å². The average Bonchev–Trinajstić information content (AvgIpc) is 2.66. The summed E-state index contributed by atoms with van der Waals surface area (Å²) < 4.78 is 15.5. The molecule has 0 aliphatic carbocycles. The Morgan fingerprint density at radius 3 is 2.63 bits per heavy atom. The van der Waals surface area contributed by atoms with Gasteiger partial charge in [0.15, 0.2) is 0 Å². The molecule has 2 nitrogen and oxygen atoms in total. The minimum atomic E-state index is -0.200. The smallest absolute Gasteiger partial charge is 0.128 e. The molecule has 0 radical (unpaired) electrons. The van der Waals surface area contributed by atoms with Crippen LogP contribution in [0.2, 0.25) is 0 Å². The molecule has 0 amide bonds. The summed E-state index contributed by atoms with van der Waals surface area (Å²) in [5.41, 5.74) is 3.65. The average molecular weight is 281 g/mol. The van der Waals surface area contributed by atoms with E-state index in [9.17, 15) is 4.39 Å². The Morgan fingerprint density at radius 1 is 1.32 bits per heavy atom. The van der Waals surface area contributed by atoms with Gasteiger partial charge in [0.25, 0.3) is 0 Å².